The molecule has 0 bridgehead atoms. The van der Waals surface area contributed by atoms with Crippen LogP contribution < -0.4 is 18.9 Å². The highest BCUT2D eigenvalue weighted by Gasteiger charge is 2.52. The number of piperidine rings is 1. The Balaban J connectivity index is 1.41. The van der Waals surface area contributed by atoms with Crippen LogP contribution in [0.4, 0.5) is 0 Å². The van der Waals surface area contributed by atoms with Crippen LogP contribution in [0.5, 0.6) is 23.0 Å². The van der Waals surface area contributed by atoms with Crippen LogP contribution in [0.25, 0.3) is 0 Å². The molecule has 1 atom stereocenters. The molecule has 8 heteroatoms. The third-order valence-electron chi connectivity index (χ3n) is 6.90. The number of amides is 1. The number of nitrogens with zero attached hydrogens (tertiary/aromatic N) is 3. The van der Waals surface area contributed by atoms with Gasteiger partial charge in [0, 0.05) is 50.4 Å². The second kappa shape index (κ2) is 7.05. The fraction of sp³-hybridized carbons (Fsp3) is 0.417. The number of likely N-dealkylation sites (tertiary alicyclic amines) is 1. The molecule has 8 nitrogen and oxygen atoms in total. The third-order valence-corrected chi connectivity index (χ3v) is 6.90. The Morgan fingerprint density at radius 1 is 1.16 bits per heavy atom. The van der Waals surface area contributed by atoms with Gasteiger partial charge in [0.05, 0.1) is 18.9 Å². The smallest absolute Gasteiger partial charge is 0.231 e. The molecule has 0 radical (unpaired) electrons. The number of ether oxygens (including phenoxy) is 4. The average Bonchev–Trinajstić information content (AvgIpc) is 3.47. The van der Waals surface area contributed by atoms with E-state index in [2.05, 4.69) is 11.1 Å². The molecule has 1 saturated heterocycles. The summed E-state index contributed by atoms with van der Waals surface area (Å²) in [5.74, 6) is 3.12. The number of carbonyl (C=O) groups is 1. The number of para-hydroxylation sites is 1. The average molecular weight is 435 g/mol. The van der Waals surface area contributed by atoms with Crippen molar-refractivity contribution in [1.29, 1.82) is 0 Å². The summed E-state index contributed by atoms with van der Waals surface area (Å²) in [6.45, 7) is 3.14. The van der Waals surface area contributed by atoms with Crippen molar-refractivity contribution in [2.45, 2.75) is 38.0 Å². The first-order valence-electron chi connectivity index (χ1n) is 11.0. The van der Waals surface area contributed by atoms with Gasteiger partial charge in [-0.1, -0.05) is 12.1 Å². The highest BCUT2D eigenvalue weighted by molar-refractivity contribution is 6.02. The Labute approximate surface area is 186 Å². The van der Waals surface area contributed by atoms with E-state index >= 15 is 0 Å². The lowest BCUT2D eigenvalue weighted by molar-refractivity contribution is -0.159. The van der Waals surface area contributed by atoms with Crippen molar-refractivity contribution in [3.05, 3.63) is 47.5 Å². The van der Waals surface area contributed by atoms with Gasteiger partial charge in [-0.05, 0) is 24.3 Å². The minimum atomic E-state index is -0.615. The lowest BCUT2D eigenvalue weighted by Gasteiger charge is -2.51. The fourth-order valence-corrected chi connectivity index (χ4v) is 5.18. The molecule has 4 aliphatic heterocycles. The zero-order valence-corrected chi connectivity index (χ0v) is 18.2. The van der Waals surface area contributed by atoms with E-state index in [1.807, 2.05) is 35.2 Å². The molecular weight excluding hydrogens is 410 g/mol. The van der Waals surface area contributed by atoms with Crippen LogP contribution in [-0.2, 0) is 4.79 Å². The number of fused-ring (bicyclic) bond motifs is 5. The maximum absolute atomic E-state index is 11.9. The fourth-order valence-electron chi connectivity index (χ4n) is 5.18. The van der Waals surface area contributed by atoms with Crippen LogP contribution in [0.3, 0.4) is 0 Å². The number of hydrogen-bond acceptors (Lipinski definition) is 7. The van der Waals surface area contributed by atoms with Gasteiger partial charge >= 0.3 is 0 Å². The Morgan fingerprint density at radius 2 is 1.97 bits per heavy atom. The highest BCUT2D eigenvalue weighted by Crippen LogP contribution is 2.53. The third kappa shape index (κ3) is 2.82. The van der Waals surface area contributed by atoms with Crippen molar-refractivity contribution in [2.75, 3.05) is 27.0 Å². The van der Waals surface area contributed by atoms with E-state index in [9.17, 15) is 4.79 Å². The van der Waals surface area contributed by atoms with Crippen LogP contribution in [0.2, 0.25) is 0 Å². The quantitative estimate of drug-likeness (QED) is 0.721. The molecule has 2 aromatic carbocycles. The summed E-state index contributed by atoms with van der Waals surface area (Å²) < 4.78 is 23.4. The van der Waals surface area contributed by atoms with E-state index in [1.165, 1.54) is 0 Å². The molecule has 6 rings (SSSR count). The predicted molar refractivity (Wildman–Crippen MR) is 116 cm³/mol. The number of hydrogen-bond donors (Lipinski definition) is 0. The molecule has 1 spiro atoms. The van der Waals surface area contributed by atoms with Crippen LogP contribution >= 0.6 is 0 Å². The van der Waals surface area contributed by atoms with E-state index in [1.54, 1.807) is 14.0 Å². The molecule has 0 N–H and O–H groups in total. The molecule has 2 aromatic rings. The highest BCUT2D eigenvalue weighted by atomic mass is 16.7. The first-order valence-corrected chi connectivity index (χ1v) is 11.0. The molecule has 0 saturated carbocycles. The van der Waals surface area contributed by atoms with Gasteiger partial charge in [0.2, 0.25) is 18.4 Å². The first-order chi connectivity index (χ1) is 15.6. The number of benzene rings is 2. The SMILES string of the molecule is COc1cccc2c1OC1(CCN(C(C)=O)CC1)N1N=C(c3ccc4c(c3)OCO4)C[C@H]21. The van der Waals surface area contributed by atoms with Crippen molar-refractivity contribution in [1.82, 2.24) is 9.91 Å². The van der Waals surface area contributed by atoms with Gasteiger partial charge in [0.15, 0.2) is 23.0 Å². The second-order valence-electron chi connectivity index (χ2n) is 8.61. The second-order valence-corrected chi connectivity index (χ2v) is 8.61. The number of carbonyl (C=O) groups excluding carboxylic acids is 1. The van der Waals surface area contributed by atoms with Crippen LogP contribution in [0.1, 0.15) is 43.4 Å². The Morgan fingerprint density at radius 3 is 2.75 bits per heavy atom. The van der Waals surface area contributed by atoms with Crippen LogP contribution in [0, 0.1) is 0 Å². The molecular formula is C24H25N3O5. The molecule has 0 aliphatic carbocycles. The molecule has 1 amide bonds. The number of rotatable bonds is 2. The van der Waals surface area contributed by atoms with Gasteiger partial charge < -0.3 is 23.8 Å². The topological polar surface area (TPSA) is 72.8 Å². The molecule has 0 aromatic heterocycles. The van der Waals surface area contributed by atoms with Crippen molar-refractivity contribution in [3.8, 4) is 23.0 Å². The van der Waals surface area contributed by atoms with E-state index in [-0.39, 0.29) is 18.7 Å². The van der Waals surface area contributed by atoms with E-state index < -0.39 is 5.72 Å². The van der Waals surface area contributed by atoms with E-state index in [0.717, 1.165) is 46.3 Å². The molecule has 32 heavy (non-hydrogen) atoms. The Hall–Kier alpha value is -3.42. The van der Waals surface area contributed by atoms with Crippen molar-refractivity contribution < 1.29 is 23.7 Å². The van der Waals surface area contributed by atoms with Crippen molar-refractivity contribution in [2.24, 2.45) is 5.10 Å². The van der Waals surface area contributed by atoms with Gasteiger partial charge in [-0.25, -0.2) is 5.01 Å². The van der Waals surface area contributed by atoms with Gasteiger partial charge in [0.1, 0.15) is 0 Å². The summed E-state index contributed by atoms with van der Waals surface area (Å²) >= 11 is 0. The summed E-state index contributed by atoms with van der Waals surface area (Å²) in [7, 11) is 1.67. The standard InChI is InChI=1S/C24H25N3O5/c1-15(28)26-10-8-24(9-11-26)27-19(17-4-3-5-21(29-2)23(17)32-24)13-18(25-27)16-6-7-20-22(12-16)31-14-30-20/h3-7,12,19H,8-11,13-14H2,1-2H3/t19-/m1/s1. The molecule has 4 aliphatic rings. The monoisotopic (exact) mass is 435 g/mol. The maximum atomic E-state index is 11.9. The minimum absolute atomic E-state index is 0.0400. The summed E-state index contributed by atoms with van der Waals surface area (Å²) in [6, 6.07) is 12.0. The zero-order chi connectivity index (χ0) is 21.9. The summed E-state index contributed by atoms with van der Waals surface area (Å²) in [6.07, 6.45) is 2.11. The molecule has 4 heterocycles. The van der Waals surface area contributed by atoms with E-state index in [0.29, 0.717) is 25.9 Å². The van der Waals surface area contributed by atoms with Gasteiger partial charge in [-0.15, -0.1) is 0 Å². The van der Waals surface area contributed by atoms with Crippen molar-refractivity contribution >= 4 is 11.6 Å². The van der Waals surface area contributed by atoms with Crippen LogP contribution in [-0.4, -0.2) is 54.2 Å². The Bertz CT molecular complexity index is 1120. The van der Waals surface area contributed by atoms with Crippen molar-refractivity contribution in [3.63, 3.8) is 0 Å². The number of hydrazone groups is 1. The Kier molecular flexibility index (Phi) is 4.25. The molecule has 0 unspecified atom stereocenters. The summed E-state index contributed by atoms with van der Waals surface area (Å²) in [5.41, 5.74) is 2.46. The molecule has 1 fully saturated rings. The largest absolute Gasteiger partial charge is 0.493 e. The maximum Gasteiger partial charge on any atom is 0.231 e. The summed E-state index contributed by atoms with van der Waals surface area (Å²) in [4.78, 5) is 13.8. The lowest BCUT2D eigenvalue weighted by Crippen LogP contribution is -2.59. The van der Waals surface area contributed by atoms with Crippen LogP contribution in [0.15, 0.2) is 41.5 Å². The van der Waals surface area contributed by atoms with Gasteiger partial charge in [-0.3, -0.25) is 4.79 Å². The number of methoxy groups -OCH3 is 1. The van der Waals surface area contributed by atoms with E-state index in [4.69, 9.17) is 24.0 Å². The predicted octanol–water partition coefficient (Wildman–Crippen LogP) is 3.31. The lowest BCUT2D eigenvalue weighted by atomic mass is 9.90. The van der Waals surface area contributed by atoms with Gasteiger partial charge in [0.25, 0.3) is 0 Å². The normalized spacial score (nSPS) is 22.2. The first kappa shape index (κ1) is 19.3. The summed E-state index contributed by atoms with van der Waals surface area (Å²) in [5, 5.41) is 7.22. The van der Waals surface area contributed by atoms with Gasteiger partial charge in [-0.2, -0.15) is 5.10 Å². The zero-order valence-electron chi connectivity index (χ0n) is 18.2. The minimum Gasteiger partial charge on any atom is -0.493 e. The molecule has 166 valence electrons.